The van der Waals surface area contributed by atoms with Crippen molar-refractivity contribution in [3.8, 4) is 0 Å². The zero-order chi connectivity index (χ0) is 11.6. The van der Waals surface area contributed by atoms with Crippen molar-refractivity contribution < 1.29 is 4.79 Å². The number of halogens is 1. The summed E-state index contributed by atoms with van der Waals surface area (Å²) in [5.41, 5.74) is 1.34. The van der Waals surface area contributed by atoms with E-state index in [1.165, 1.54) is 0 Å². The second-order valence-corrected chi connectivity index (χ2v) is 5.08. The van der Waals surface area contributed by atoms with E-state index in [1.807, 2.05) is 27.7 Å². The fourth-order valence-corrected chi connectivity index (χ4v) is 1.32. The number of carbonyl (C=O) groups excluding carboxylic acids is 1. The van der Waals surface area contributed by atoms with Crippen molar-refractivity contribution in [1.82, 2.24) is 5.32 Å². The molecule has 0 saturated carbocycles. The maximum atomic E-state index is 11.8. The molecule has 0 aliphatic rings. The summed E-state index contributed by atoms with van der Waals surface area (Å²) < 4.78 is 0. The van der Waals surface area contributed by atoms with Crippen molar-refractivity contribution in [3.63, 3.8) is 0 Å². The summed E-state index contributed by atoms with van der Waals surface area (Å²) in [5, 5.41) is 3.58. The fourth-order valence-electron chi connectivity index (χ4n) is 1.20. The molecule has 1 rings (SSSR count). The van der Waals surface area contributed by atoms with E-state index >= 15 is 0 Å². The second kappa shape index (κ2) is 4.23. The summed E-state index contributed by atoms with van der Waals surface area (Å²) in [6, 6.07) is 5.27. The minimum atomic E-state index is -0.218. The molecule has 3 heteroatoms. The van der Waals surface area contributed by atoms with E-state index in [2.05, 4.69) is 5.32 Å². The van der Waals surface area contributed by atoms with E-state index in [1.54, 1.807) is 18.2 Å². The first kappa shape index (κ1) is 12.1. The Morgan fingerprint density at radius 3 is 2.40 bits per heavy atom. The van der Waals surface area contributed by atoms with E-state index < -0.39 is 0 Å². The number of hydrogen-bond donors (Lipinski definition) is 1. The van der Waals surface area contributed by atoms with E-state index in [0.29, 0.717) is 10.6 Å². The Morgan fingerprint density at radius 1 is 1.33 bits per heavy atom. The summed E-state index contributed by atoms with van der Waals surface area (Å²) in [4.78, 5) is 11.8. The summed E-state index contributed by atoms with van der Waals surface area (Å²) in [5.74, 6) is -0.0673. The predicted octanol–water partition coefficient (Wildman–Crippen LogP) is 3.18. The standard InChI is InChI=1S/C12H16ClNO/c1-8-7-9(5-6-10(8)13)11(15)14-12(2,3)4/h5-7H,1-4H3,(H,14,15). The number of amides is 1. The summed E-state index contributed by atoms with van der Waals surface area (Å²) in [6.07, 6.45) is 0. The van der Waals surface area contributed by atoms with Crippen LogP contribution in [0.5, 0.6) is 0 Å². The van der Waals surface area contributed by atoms with Crippen LogP contribution < -0.4 is 5.32 Å². The van der Waals surface area contributed by atoms with Crippen LogP contribution in [-0.2, 0) is 0 Å². The molecule has 0 spiro atoms. The molecule has 82 valence electrons. The lowest BCUT2D eigenvalue weighted by molar-refractivity contribution is 0.0919. The van der Waals surface area contributed by atoms with Crippen molar-refractivity contribution in [3.05, 3.63) is 34.3 Å². The van der Waals surface area contributed by atoms with Crippen molar-refractivity contribution in [2.45, 2.75) is 33.2 Å². The average Bonchev–Trinajstić information content (AvgIpc) is 2.06. The van der Waals surface area contributed by atoms with Gasteiger partial charge in [-0.15, -0.1) is 0 Å². The van der Waals surface area contributed by atoms with Crippen LogP contribution in [0.2, 0.25) is 5.02 Å². The van der Waals surface area contributed by atoms with Crippen LogP contribution in [0, 0.1) is 6.92 Å². The molecule has 0 heterocycles. The predicted molar refractivity (Wildman–Crippen MR) is 63.4 cm³/mol. The normalized spacial score (nSPS) is 11.3. The average molecular weight is 226 g/mol. The molecule has 1 amide bonds. The lowest BCUT2D eigenvalue weighted by atomic mass is 10.1. The number of aryl methyl sites for hydroxylation is 1. The molecule has 1 N–H and O–H groups in total. The smallest absolute Gasteiger partial charge is 0.251 e. The minimum absolute atomic E-state index is 0.0673. The first-order chi connectivity index (χ1) is 6.79. The van der Waals surface area contributed by atoms with Gasteiger partial charge in [0.2, 0.25) is 0 Å². The fraction of sp³-hybridized carbons (Fsp3) is 0.417. The summed E-state index contributed by atoms with van der Waals surface area (Å²) >= 11 is 5.89. The van der Waals surface area contributed by atoms with Gasteiger partial charge in [0.05, 0.1) is 0 Å². The number of rotatable bonds is 1. The number of carbonyl (C=O) groups is 1. The first-order valence-electron chi connectivity index (χ1n) is 4.88. The topological polar surface area (TPSA) is 29.1 Å². The van der Waals surface area contributed by atoms with Crippen LogP contribution in [0.4, 0.5) is 0 Å². The van der Waals surface area contributed by atoms with Crippen LogP contribution in [0.1, 0.15) is 36.7 Å². The van der Waals surface area contributed by atoms with Gasteiger partial charge in [0, 0.05) is 16.1 Å². The molecule has 0 radical (unpaired) electrons. The van der Waals surface area contributed by atoms with E-state index in [-0.39, 0.29) is 11.4 Å². The highest BCUT2D eigenvalue weighted by atomic mass is 35.5. The molecule has 0 unspecified atom stereocenters. The molecule has 2 nitrogen and oxygen atoms in total. The third-order valence-corrected chi connectivity index (χ3v) is 2.33. The molecule has 0 saturated heterocycles. The zero-order valence-corrected chi connectivity index (χ0v) is 10.3. The maximum absolute atomic E-state index is 11.8. The van der Waals surface area contributed by atoms with Crippen molar-refractivity contribution in [1.29, 1.82) is 0 Å². The highest BCUT2D eigenvalue weighted by molar-refractivity contribution is 6.31. The minimum Gasteiger partial charge on any atom is -0.347 e. The second-order valence-electron chi connectivity index (χ2n) is 4.67. The van der Waals surface area contributed by atoms with Gasteiger partial charge >= 0.3 is 0 Å². The molecule has 0 atom stereocenters. The molecule has 1 aromatic rings. The van der Waals surface area contributed by atoms with Crippen LogP contribution in [0.15, 0.2) is 18.2 Å². The molecule has 0 aromatic heterocycles. The summed E-state index contributed by atoms with van der Waals surface area (Å²) in [6.45, 7) is 7.74. The SMILES string of the molecule is Cc1cc(C(=O)NC(C)(C)C)ccc1Cl. The Hall–Kier alpha value is -1.02. The molecule has 0 bridgehead atoms. The first-order valence-corrected chi connectivity index (χ1v) is 5.26. The lowest BCUT2D eigenvalue weighted by Gasteiger charge is -2.20. The Balaban J connectivity index is 2.88. The monoisotopic (exact) mass is 225 g/mol. The third-order valence-electron chi connectivity index (χ3n) is 1.91. The van der Waals surface area contributed by atoms with Gasteiger partial charge in [-0.1, -0.05) is 11.6 Å². The molecular weight excluding hydrogens is 210 g/mol. The quantitative estimate of drug-likeness (QED) is 0.782. The van der Waals surface area contributed by atoms with Crippen LogP contribution >= 0.6 is 11.6 Å². The van der Waals surface area contributed by atoms with Gasteiger partial charge in [0.1, 0.15) is 0 Å². The van der Waals surface area contributed by atoms with Gasteiger partial charge in [0.25, 0.3) is 5.91 Å². The van der Waals surface area contributed by atoms with Crippen molar-refractivity contribution >= 4 is 17.5 Å². The highest BCUT2D eigenvalue weighted by Crippen LogP contribution is 2.16. The molecule has 15 heavy (non-hydrogen) atoms. The molecule has 0 fully saturated rings. The lowest BCUT2D eigenvalue weighted by Crippen LogP contribution is -2.40. The molecule has 0 aliphatic heterocycles. The van der Waals surface area contributed by atoms with Crippen LogP contribution in [0.3, 0.4) is 0 Å². The van der Waals surface area contributed by atoms with Gasteiger partial charge in [-0.25, -0.2) is 0 Å². The van der Waals surface area contributed by atoms with Gasteiger partial charge in [-0.3, -0.25) is 4.79 Å². The number of benzene rings is 1. The number of hydrogen-bond acceptors (Lipinski definition) is 1. The van der Waals surface area contributed by atoms with Gasteiger partial charge in [-0.2, -0.15) is 0 Å². The Labute approximate surface area is 95.6 Å². The zero-order valence-electron chi connectivity index (χ0n) is 9.52. The molecular formula is C12H16ClNO. The van der Waals surface area contributed by atoms with E-state index in [9.17, 15) is 4.79 Å². The Morgan fingerprint density at radius 2 is 1.93 bits per heavy atom. The van der Waals surface area contributed by atoms with Gasteiger partial charge in [0.15, 0.2) is 0 Å². The van der Waals surface area contributed by atoms with Crippen molar-refractivity contribution in [2.24, 2.45) is 0 Å². The molecule has 1 aromatic carbocycles. The Kier molecular flexibility index (Phi) is 3.40. The van der Waals surface area contributed by atoms with Crippen molar-refractivity contribution in [2.75, 3.05) is 0 Å². The van der Waals surface area contributed by atoms with Gasteiger partial charge in [-0.05, 0) is 51.5 Å². The third kappa shape index (κ3) is 3.56. The summed E-state index contributed by atoms with van der Waals surface area (Å²) in [7, 11) is 0. The van der Waals surface area contributed by atoms with Crippen LogP contribution in [0.25, 0.3) is 0 Å². The van der Waals surface area contributed by atoms with E-state index in [4.69, 9.17) is 11.6 Å². The van der Waals surface area contributed by atoms with E-state index in [0.717, 1.165) is 5.56 Å². The Bertz CT molecular complexity index is 380. The van der Waals surface area contributed by atoms with Gasteiger partial charge < -0.3 is 5.32 Å². The molecule has 0 aliphatic carbocycles. The number of nitrogens with one attached hydrogen (secondary N) is 1. The maximum Gasteiger partial charge on any atom is 0.251 e. The largest absolute Gasteiger partial charge is 0.347 e. The van der Waals surface area contributed by atoms with Crippen LogP contribution in [-0.4, -0.2) is 11.4 Å². The highest BCUT2D eigenvalue weighted by Gasteiger charge is 2.15.